The van der Waals surface area contributed by atoms with Crippen molar-refractivity contribution in [2.45, 2.75) is 17.7 Å². The van der Waals surface area contributed by atoms with Gasteiger partial charge >= 0.3 is 0 Å². The van der Waals surface area contributed by atoms with Crippen LogP contribution in [0, 0.1) is 0 Å². The van der Waals surface area contributed by atoms with Gasteiger partial charge in [0, 0.05) is 16.9 Å². The van der Waals surface area contributed by atoms with Crippen molar-refractivity contribution < 1.29 is 9.47 Å². The van der Waals surface area contributed by atoms with E-state index in [0.717, 1.165) is 40.3 Å². The molecule has 2 aromatic rings. The minimum Gasteiger partial charge on any atom is -0.476 e. The Labute approximate surface area is 119 Å². The van der Waals surface area contributed by atoms with Crippen LogP contribution >= 0.6 is 11.8 Å². The van der Waals surface area contributed by atoms with Crippen molar-refractivity contribution in [3.05, 3.63) is 17.8 Å². The van der Waals surface area contributed by atoms with Crippen molar-refractivity contribution >= 4 is 11.8 Å². The van der Waals surface area contributed by atoms with Crippen LogP contribution in [0.4, 0.5) is 0 Å². The predicted octanol–water partition coefficient (Wildman–Crippen LogP) is 1.74. The molecule has 0 bridgehead atoms. The second-order valence-electron chi connectivity index (χ2n) is 4.59. The zero-order chi connectivity index (χ0) is 13.4. The average Bonchev–Trinajstić information content (AvgIpc) is 2.54. The molecule has 0 spiro atoms. The fourth-order valence-electron chi connectivity index (χ4n) is 2.38. The summed E-state index contributed by atoms with van der Waals surface area (Å²) in [7, 11) is 0. The van der Waals surface area contributed by atoms with Crippen LogP contribution in [0.15, 0.2) is 17.2 Å². The quantitative estimate of drug-likeness (QED) is 0.791. The molecule has 2 aliphatic heterocycles. The van der Waals surface area contributed by atoms with Gasteiger partial charge < -0.3 is 9.47 Å². The summed E-state index contributed by atoms with van der Waals surface area (Å²) in [5.41, 5.74) is 2.83. The minimum absolute atomic E-state index is 0.622. The molecule has 0 fully saturated rings. The summed E-state index contributed by atoms with van der Waals surface area (Å²) in [5, 5.41) is 16.5. The van der Waals surface area contributed by atoms with E-state index in [0.29, 0.717) is 25.0 Å². The van der Waals surface area contributed by atoms with Crippen LogP contribution < -0.4 is 9.47 Å². The van der Waals surface area contributed by atoms with E-state index < -0.39 is 0 Å². The molecule has 0 saturated heterocycles. The number of aromatic nitrogens is 4. The van der Waals surface area contributed by atoms with E-state index in [1.54, 1.807) is 18.0 Å². The molecule has 2 aromatic heterocycles. The SMILES string of the molecule is c1c(-c2cnnc3c2CCCO3)nnc2c1SCCO2. The van der Waals surface area contributed by atoms with Crippen LogP contribution in [-0.4, -0.2) is 39.4 Å². The molecule has 4 heterocycles. The van der Waals surface area contributed by atoms with Crippen molar-refractivity contribution in [2.24, 2.45) is 0 Å². The maximum atomic E-state index is 5.55. The third-order valence-corrected chi connectivity index (χ3v) is 4.29. The van der Waals surface area contributed by atoms with Crippen LogP contribution in [0.5, 0.6) is 11.8 Å². The van der Waals surface area contributed by atoms with Gasteiger partial charge in [0.25, 0.3) is 0 Å². The Morgan fingerprint density at radius 1 is 1.05 bits per heavy atom. The number of rotatable bonds is 1. The molecular formula is C13H12N4O2S. The highest BCUT2D eigenvalue weighted by atomic mass is 32.2. The molecule has 0 radical (unpaired) electrons. The van der Waals surface area contributed by atoms with Crippen molar-refractivity contribution in [2.75, 3.05) is 19.0 Å². The lowest BCUT2D eigenvalue weighted by Crippen LogP contribution is -2.13. The van der Waals surface area contributed by atoms with Gasteiger partial charge in [-0.3, -0.25) is 0 Å². The van der Waals surface area contributed by atoms with E-state index in [-0.39, 0.29) is 0 Å². The van der Waals surface area contributed by atoms with E-state index in [1.165, 1.54) is 0 Å². The van der Waals surface area contributed by atoms with Crippen LogP contribution in [-0.2, 0) is 6.42 Å². The first-order valence-electron chi connectivity index (χ1n) is 6.53. The van der Waals surface area contributed by atoms with Gasteiger partial charge in [-0.2, -0.15) is 5.10 Å². The van der Waals surface area contributed by atoms with Gasteiger partial charge in [0.15, 0.2) is 0 Å². The molecule has 0 aliphatic carbocycles. The van der Waals surface area contributed by atoms with Gasteiger partial charge in [0.1, 0.15) is 0 Å². The summed E-state index contributed by atoms with van der Waals surface area (Å²) in [6, 6.07) is 2.01. The molecular weight excluding hydrogens is 276 g/mol. The first-order chi connectivity index (χ1) is 9.92. The molecule has 0 unspecified atom stereocenters. The van der Waals surface area contributed by atoms with Gasteiger partial charge in [-0.25, -0.2) is 0 Å². The Bertz CT molecular complexity index is 665. The Balaban J connectivity index is 1.81. The largest absolute Gasteiger partial charge is 0.476 e. The topological polar surface area (TPSA) is 70.0 Å². The van der Waals surface area contributed by atoms with Crippen LogP contribution in [0.25, 0.3) is 11.3 Å². The number of hydrogen-bond acceptors (Lipinski definition) is 7. The minimum atomic E-state index is 0.622. The van der Waals surface area contributed by atoms with Crippen LogP contribution in [0.2, 0.25) is 0 Å². The molecule has 6 nitrogen and oxygen atoms in total. The van der Waals surface area contributed by atoms with E-state index in [2.05, 4.69) is 20.4 Å². The zero-order valence-corrected chi connectivity index (χ0v) is 11.5. The number of thioether (sulfide) groups is 1. The van der Waals surface area contributed by atoms with Crippen LogP contribution in [0.1, 0.15) is 12.0 Å². The molecule has 0 saturated carbocycles. The molecule has 0 aromatic carbocycles. The monoisotopic (exact) mass is 288 g/mol. The van der Waals surface area contributed by atoms with Gasteiger partial charge in [0.05, 0.1) is 30.0 Å². The predicted molar refractivity (Wildman–Crippen MR) is 73.1 cm³/mol. The Morgan fingerprint density at radius 3 is 3.00 bits per heavy atom. The lowest BCUT2D eigenvalue weighted by molar-refractivity contribution is 0.273. The van der Waals surface area contributed by atoms with Crippen molar-refractivity contribution in [1.29, 1.82) is 0 Å². The van der Waals surface area contributed by atoms with Crippen molar-refractivity contribution in [3.8, 4) is 23.0 Å². The number of fused-ring (bicyclic) bond motifs is 2. The highest BCUT2D eigenvalue weighted by Crippen LogP contribution is 2.36. The third-order valence-electron chi connectivity index (χ3n) is 3.31. The maximum absolute atomic E-state index is 5.55. The first kappa shape index (κ1) is 11.9. The fraction of sp³-hybridized carbons (Fsp3) is 0.385. The van der Waals surface area contributed by atoms with E-state index in [4.69, 9.17) is 9.47 Å². The zero-order valence-electron chi connectivity index (χ0n) is 10.7. The summed E-state index contributed by atoms with van der Waals surface area (Å²) in [5.74, 6) is 2.18. The number of nitrogens with zero attached hydrogens (tertiary/aromatic N) is 4. The smallest absolute Gasteiger partial charge is 0.247 e. The molecule has 20 heavy (non-hydrogen) atoms. The molecule has 0 N–H and O–H groups in total. The fourth-order valence-corrected chi connectivity index (χ4v) is 3.18. The van der Waals surface area contributed by atoms with Crippen LogP contribution in [0.3, 0.4) is 0 Å². The average molecular weight is 288 g/mol. The second-order valence-corrected chi connectivity index (χ2v) is 5.73. The lowest BCUT2D eigenvalue weighted by atomic mass is 10.0. The first-order valence-corrected chi connectivity index (χ1v) is 7.51. The highest BCUT2D eigenvalue weighted by Gasteiger charge is 2.20. The van der Waals surface area contributed by atoms with Gasteiger partial charge in [0.2, 0.25) is 11.8 Å². The molecule has 102 valence electrons. The summed E-state index contributed by atoms with van der Waals surface area (Å²) in [4.78, 5) is 1.03. The number of ether oxygens (including phenoxy) is 2. The van der Waals surface area contributed by atoms with Gasteiger partial charge in [-0.05, 0) is 18.9 Å². The summed E-state index contributed by atoms with van der Waals surface area (Å²) in [6.45, 7) is 1.39. The standard InChI is InChI=1S/C13H12N4O2S/c1-2-8-9(7-14-16-12(8)18-3-1)10-6-11-13(17-15-10)19-4-5-20-11/h6-7H,1-5H2. The van der Waals surface area contributed by atoms with E-state index in [1.807, 2.05) is 6.07 Å². The van der Waals surface area contributed by atoms with Crippen molar-refractivity contribution in [1.82, 2.24) is 20.4 Å². The lowest BCUT2D eigenvalue weighted by Gasteiger charge is -2.19. The van der Waals surface area contributed by atoms with Gasteiger partial charge in [-0.1, -0.05) is 0 Å². The normalized spacial score (nSPS) is 16.6. The summed E-state index contributed by atoms with van der Waals surface area (Å²) < 4.78 is 11.0. The molecule has 7 heteroatoms. The molecule has 0 amide bonds. The van der Waals surface area contributed by atoms with E-state index in [9.17, 15) is 0 Å². The number of hydrogen-bond donors (Lipinski definition) is 0. The second kappa shape index (κ2) is 4.90. The summed E-state index contributed by atoms with van der Waals surface area (Å²) >= 11 is 1.74. The molecule has 0 atom stereocenters. The third kappa shape index (κ3) is 1.98. The van der Waals surface area contributed by atoms with Gasteiger partial charge in [-0.15, -0.1) is 27.1 Å². The summed E-state index contributed by atoms with van der Waals surface area (Å²) in [6.07, 6.45) is 3.66. The Hall–Kier alpha value is -1.89. The molecule has 2 aliphatic rings. The van der Waals surface area contributed by atoms with Crippen molar-refractivity contribution in [3.63, 3.8) is 0 Å². The van der Waals surface area contributed by atoms with E-state index >= 15 is 0 Å². The Morgan fingerprint density at radius 2 is 2.00 bits per heavy atom. The Kier molecular flexibility index (Phi) is 2.91. The molecule has 4 rings (SSSR count). The maximum Gasteiger partial charge on any atom is 0.247 e. The highest BCUT2D eigenvalue weighted by molar-refractivity contribution is 7.99.